The maximum atomic E-state index is 12.1. The van der Waals surface area contributed by atoms with Gasteiger partial charge in [0, 0.05) is 18.7 Å². The van der Waals surface area contributed by atoms with Crippen LogP contribution in [0.4, 0.5) is 4.79 Å². The van der Waals surface area contributed by atoms with Gasteiger partial charge in [0.05, 0.1) is 12.2 Å². The first-order chi connectivity index (χ1) is 13.0. The van der Waals surface area contributed by atoms with E-state index in [1.807, 2.05) is 0 Å². The standard InChI is InChI=1S/C19H20N2O6/c1-2-26-19(25)27-14-9-7-13(8-10-14)17(23)20-11-12-21-18(24)15-5-3-4-6-16(15)22/h3-10,22H,2,11-12H2,1H3,(H,20,23)(H,21,24). The first-order valence-corrected chi connectivity index (χ1v) is 8.30. The number of ether oxygens (including phenoxy) is 2. The summed E-state index contributed by atoms with van der Waals surface area (Å²) in [5, 5.41) is 14.9. The molecular weight excluding hydrogens is 352 g/mol. The Kier molecular flexibility index (Phi) is 7.18. The molecule has 0 aliphatic carbocycles. The summed E-state index contributed by atoms with van der Waals surface area (Å²) in [4.78, 5) is 35.2. The Morgan fingerprint density at radius 1 is 0.926 bits per heavy atom. The molecule has 2 amide bonds. The second-order valence-corrected chi connectivity index (χ2v) is 5.34. The topological polar surface area (TPSA) is 114 Å². The highest BCUT2D eigenvalue weighted by Gasteiger charge is 2.10. The van der Waals surface area contributed by atoms with Crippen LogP contribution >= 0.6 is 0 Å². The zero-order valence-electron chi connectivity index (χ0n) is 14.7. The Balaban J connectivity index is 1.76. The van der Waals surface area contributed by atoms with Gasteiger partial charge < -0.3 is 25.2 Å². The van der Waals surface area contributed by atoms with Crippen LogP contribution < -0.4 is 15.4 Å². The van der Waals surface area contributed by atoms with E-state index in [0.29, 0.717) is 5.56 Å². The maximum Gasteiger partial charge on any atom is 0.513 e. The molecule has 0 saturated heterocycles. The summed E-state index contributed by atoms with van der Waals surface area (Å²) in [6, 6.07) is 12.2. The monoisotopic (exact) mass is 372 g/mol. The van der Waals surface area contributed by atoms with Crippen molar-refractivity contribution in [2.45, 2.75) is 6.92 Å². The molecule has 2 rings (SSSR count). The molecule has 0 aromatic heterocycles. The van der Waals surface area contributed by atoms with Crippen LogP contribution in [0.5, 0.6) is 11.5 Å². The minimum absolute atomic E-state index is 0.107. The highest BCUT2D eigenvalue weighted by atomic mass is 16.7. The Hall–Kier alpha value is -3.55. The first kappa shape index (κ1) is 19.8. The molecule has 0 aliphatic rings. The predicted molar refractivity (Wildman–Crippen MR) is 96.9 cm³/mol. The number of para-hydroxylation sites is 1. The zero-order chi connectivity index (χ0) is 19.6. The molecule has 0 aliphatic heterocycles. The van der Waals surface area contributed by atoms with E-state index in [1.165, 1.54) is 36.4 Å². The maximum absolute atomic E-state index is 12.1. The summed E-state index contributed by atoms with van der Waals surface area (Å²) in [7, 11) is 0. The lowest BCUT2D eigenvalue weighted by molar-refractivity contribution is 0.0926. The fourth-order valence-corrected chi connectivity index (χ4v) is 2.13. The Morgan fingerprint density at radius 3 is 2.19 bits per heavy atom. The lowest BCUT2D eigenvalue weighted by atomic mass is 10.2. The second-order valence-electron chi connectivity index (χ2n) is 5.34. The van der Waals surface area contributed by atoms with E-state index < -0.39 is 12.1 Å². The van der Waals surface area contributed by atoms with Crippen LogP contribution in [0.15, 0.2) is 48.5 Å². The molecule has 27 heavy (non-hydrogen) atoms. The van der Waals surface area contributed by atoms with Crippen LogP contribution in [0, 0.1) is 0 Å². The van der Waals surface area contributed by atoms with Crippen molar-refractivity contribution in [1.82, 2.24) is 10.6 Å². The Morgan fingerprint density at radius 2 is 1.56 bits per heavy atom. The van der Waals surface area contributed by atoms with Crippen molar-refractivity contribution >= 4 is 18.0 Å². The molecular formula is C19H20N2O6. The second kappa shape index (κ2) is 9.81. The van der Waals surface area contributed by atoms with Crippen molar-refractivity contribution in [3.63, 3.8) is 0 Å². The van der Waals surface area contributed by atoms with Crippen molar-refractivity contribution in [2.24, 2.45) is 0 Å². The van der Waals surface area contributed by atoms with Gasteiger partial charge in [-0.05, 0) is 43.3 Å². The lowest BCUT2D eigenvalue weighted by Crippen LogP contribution is -2.34. The van der Waals surface area contributed by atoms with E-state index in [2.05, 4.69) is 15.4 Å². The summed E-state index contributed by atoms with van der Waals surface area (Å²) >= 11 is 0. The van der Waals surface area contributed by atoms with Crippen molar-refractivity contribution in [2.75, 3.05) is 19.7 Å². The number of nitrogens with one attached hydrogen (secondary N) is 2. The van der Waals surface area contributed by atoms with Crippen LogP contribution in [-0.4, -0.2) is 42.8 Å². The fourth-order valence-electron chi connectivity index (χ4n) is 2.13. The third-order valence-corrected chi connectivity index (χ3v) is 3.42. The number of hydrogen-bond donors (Lipinski definition) is 3. The predicted octanol–water partition coefficient (Wildman–Crippen LogP) is 2.09. The molecule has 2 aromatic rings. The van der Waals surface area contributed by atoms with Gasteiger partial charge in [0.1, 0.15) is 11.5 Å². The number of phenolic OH excluding ortho intramolecular Hbond substituents is 1. The van der Waals surface area contributed by atoms with Gasteiger partial charge in [-0.15, -0.1) is 0 Å². The van der Waals surface area contributed by atoms with Gasteiger partial charge in [-0.25, -0.2) is 4.79 Å². The molecule has 0 unspecified atom stereocenters. The number of amides is 2. The fraction of sp³-hybridized carbons (Fsp3) is 0.211. The normalized spacial score (nSPS) is 9.96. The minimum atomic E-state index is -0.810. The number of benzene rings is 2. The van der Waals surface area contributed by atoms with Crippen LogP contribution in [0.1, 0.15) is 27.6 Å². The van der Waals surface area contributed by atoms with E-state index in [-0.39, 0.29) is 42.7 Å². The van der Waals surface area contributed by atoms with Gasteiger partial charge in [-0.2, -0.15) is 0 Å². The minimum Gasteiger partial charge on any atom is -0.507 e. The molecule has 2 aromatic carbocycles. The molecule has 142 valence electrons. The van der Waals surface area contributed by atoms with Gasteiger partial charge in [-0.1, -0.05) is 12.1 Å². The molecule has 8 heteroatoms. The quantitative estimate of drug-likeness (QED) is 0.390. The molecule has 0 heterocycles. The average molecular weight is 372 g/mol. The van der Waals surface area contributed by atoms with E-state index in [0.717, 1.165) is 0 Å². The molecule has 8 nitrogen and oxygen atoms in total. The largest absolute Gasteiger partial charge is 0.513 e. The average Bonchev–Trinajstić information content (AvgIpc) is 2.66. The Bertz CT molecular complexity index is 804. The van der Waals surface area contributed by atoms with E-state index in [9.17, 15) is 19.5 Å². The molecule has 0 radical (unpaired) electrons. The first-order valence-electron chi connectivity index (χ1n) is 8.30. The summed E-state index contributed by atoms with van der Waals surface area (Å²) in [5.74, 6) is -0.610. The van der Waals surface area contributed by atoms with Gasteiger partial charge in [-0.3, -0.25) is 9.59 Å². The molecule has 0 fully saturated rings. The van der Waals surface area contributed by atoms with Crippen molar-refractivity contribution in [3.05, 3.63) is 59.7 Å². The number of hydrogen-bond acceptors (Lipinski definition) is 6. The van der Waals surface area contributed by atoms with E-state index in [1.54, 1.807) is 19.1 Å². The van der Waals surface area contributed by atoms with Crippen molar-refractivity contribution < 1.29 is 29.0 Å². The summed E-state index contributed by atoms with van der Waals surface area (Å²) in [6.45, 7) is 2.28. The van der Waals surface area contributed by atoms with Gasteiger partial charge >= 0.3 is 6.16 Å². The third kappa shape index (κ3) is 6.03. The third-order valence-electron chi connectivity index (χ3n) is 3.42. The highest BCUT2D eigenvalue weighted by Crippen LogP contribution is 2.15. The number of rotatable bonds is 7. The zero-order valence-corrected chi connectivity index (χ0v) is 14.7. The number of aromatic hydroxyl groups is 1. The molecule has 0 bridgehead atoms. The summed E-state index contributed by atoms with van der Waals surface area (Å²) in [5.41, 5.74) is 0.541. The summed E-state index contributed by atoms with van der Waals surface area (Å²) < 4.78 is 9.56. The molecule has 0 atom stereocenters. The highest BCUT2D eigenvalue weighted by molar-refractivity contribution is 5.97. The van der Waals surface area contributed by atoms with Crippen LogP contribution in [0.25, 0.3) is 0 Å². The van der Waals surface area contributed by atoms with Gasteiger partial charge in [0.15, 0.2) is 0 Å². The summed E-state index contributed by atoms with van der Waals surface area (Å²) in [6.07, 6.45) is -0.810. The Labute approximate surface area is 156 Å². The van der Waals surface area contributed by atoms with Gasteiger partial charge in [0.2, 0.25) is 0 Å². The smallest absolute Gasteiger partial charge is 0.507 e. The number of carbonyl (C=O) groups excluding carboxylic acids is 3. The van der Waals surface area contributed by atoms with E-state index >= 15 is 0 Å². The number of phenols is 1. The van der Waals surface area contributed by atoms with Crippen LogP contribution in [0.2, 0.25) is 0 Å². The van der Waals surface area contributed by atoms with Gasteiger partial charge in [0.25, 0.3) is 11.8 Å². The SMILES string of the molecule is CCOC(=O)Oc1ccc(C(=O)NCCNC(=O)c2ccccc2O)cc1. The molecule has 3 N–H and O–H groups in total. The van der Waals surface area contributed by atoms with Crippen molar-refractivity contribution in [3.8, 4) is 11.5 Å². The molecule has 0 spiro atoms. The molecule has 0 saturated carbocycles. The lowest BCUT2D eigenvalue weighted by Gasteiger charge is -2.09. The van der Waals surface area contributed by atoms with Crippen LogP contribution in [-0.2, 0) is 4.74 Å². The van der Waals surface area contributed by atoms with Crippen LogP contribution in [0.3, 0.4) is 0 Å². The van der Waals surface area contributed by atoms with Crippen molar-refractivity contribution in [1.29, 1.82) is 0 Å². The van der Waals surface area contributed by atoms with E-state index in [4.69, 9.17) is 4.74 Å². The number of carbonyl (C=O) groups is 3.